The number of hydrogen-bond donors (Lipinski definition) is 2. The van der Waals surface area contributed by atoms with Gasteiger partial charge in [-0.2, -0.15) is 0 Å². The molecule has 118 valence electrons. The van der Waals surface area contributed by atoms with Crippen molar-refractivity contribution in [1.82, 2.24) is 0 Å². The van der Waals surface area contributed by atoms with Gasteiger partial charge in [-0.25, -0.2) is 8.78 Å². The fourth-order valence-electron chi connectivity index (χ4n) is 2.19. The van der Waals surface area contributed by atoms with Crippen LogP contribution in [0.1, 0.15) is 23.2 Å². The van der Waals surface area contributed by atoms with Crippen LogP contribution in [0, 0.1) is 11.6 Å². The number of halogens is 2. The Bertz CT molecular complexity index is 607. The van der Waals surface area contributed by atoms with Gasteiger partial charge in [0.15, 0.2) is 23.1 Å². The molecule has 6 heteroatoms. The van der Waals surface area contributed by atoms with Crippen LogP contribution in [0.3, 0.4) is 0 Å². The Morgan fingerprint density at radius 1 is 0.773 bits per heavy atom. The van der Waals surface area contributed by atoms with Crippen LogP contribution in [-0.4, -0.2) is 14.2 Å². The molecule has 0 aliphatic heterocycles. The lowest BCUT2D eigenvalue weighted by molar-refractivity contribution is 0.384. The minimum Gasteiger partial charge on any atom is -0.494 e. The molecule has 0 heterocycles. The van der Waals surface area contributed by atoms with Crippen LogP contribution in [-0.2, 0) is 0 Å². The second kappa shape index (κ2) is 6.72. The van der Waals surface area contributed by atoms with Crippen LogP contribution in [0.4, 0.5) is 8.78 Å². The maximum Gasteiger partial charge on any atom is 0.165 e. The van der Waals surface area contributed by atoms with Gasteiger partial charge in [0.1, 0.15) is 0 Å². The highest BCUT2D eigenvalue weighted by molar-refractivity contribution is 5.35. The molecule has 4 N–H and O–H groups in total. The van der Waals surface area contributed by atoms with Crippen LogP contribution in [0.25, 0.3) is 0 Å². The van der Waals surface area contributed by atoms with Crippen molar-refractivity contribution in [3.63, 3.8) is 0 Å². The molecule has 2 aromatic rings. The largest absolute Gasteiger partial charge is 0.494 e. The third-order valence-corrected chi connectivity index (χ3v) is 3.51. The van der Waals surface area contributed by atoms with Gasteiger partial charge in [0.2, 0.25) is 0 Å². The molecule has 0 bridgehead atoms. The van der Waals surface area contributed by atoms with Gasteiger partial charge in [-0.1, -0.05) is 12.1 Å². The predicted octanol–water partition coefficient (Wildman–Crippen LogP) is 2.68. The summed E-state index contributed by atoms with van der Waals surface area (Å²) in [4.78, 5) is 0. The Balaban J connectivity index is 2.26. The van der Waals surface area contributed by atoms with Gasteiger partial charge < -0.3 is 20.9 Å². The SMILES string of the molecule is COc1ccc(C(N)C(N)c2ccc(OC)c(F)c2)cc1F. The highest BCUT2D eigenvalue weighted by Crippen LogP contribution is 2.29. The summed E-state index contributed by atoms with van der Waals surface area (Å²) in [5.74, 6) is -0.799. The van der Waals surface area contributed by atoms with Crippen molar-refractivity contribution >= 4 is 0 Å². The third-order valence-electron chi connectivity index (χ3n) is 3.51. The normalized spacial score (nSPS) is 13.5. The predicted molar refractivity (Wildman–Crippen MR) is 79.8 cm³/mol. The van der Waals surface area contributed by atoms with Crippen molar-refractivity contribution in [1.29, 1.82) is 0 Å². The summed E-state index contributed by atoms with van der Waals surface area (Å²) < 4.78 is 37.2. The van der Waals surface area contributed by atoms with E-state index in [4.69, 9.17) is 20.9 Å². The van der Waals surface area contributed by atoms with Gasteiger partial charge in [0.25, 0.3) is 0 Å². The zero-order valence-electron chi connectivity index (χ0n) is 12.3. The number of methoxy groups -OCH3 is 2. The smallest absolute Gasteiger partial charge is 0.165 e. The Labute approximate surface area is 127 Å². The number of hydrogen-bond acceptors (Lipinski definition) is 4. The van der Waals surface area contributed by atoms with E-state index in [1.165, 1.54) is 38.5 Å². The summed E-state index contributed by atoms with van der Waals surface area (Å²) in [6, 6.07) is 7.38. The standard InChI is InChI=1S/C16H18F2N2O2/c1-21-13-5-3-9(7-11(13)17)15(19)16(20)10-4-6-14(22-2)12(18)8-10/h3-8,15-16H,19-20H2,1-2H3. The zero-order chi connectivity index (χ0) is 16.3. The van der Waals surface area contributed by atoms with E-state index in [9.17, 15) is 8.78 Å². The van der Waals surface area contributed by atoms with Crippen LogP contribution >= 0.6 is 0 Å². The number of ether oxygens (including phenoxy) is 2. The maximum absolute atomic E-state index is 13.7. The summed E-state index contributed by atoms with van der Waals surface area (Å²) in [5, 5.41) is 0. The molecule has 0 saturated carbocycles. The Morgan fingerprint density at radius 2 is 1.14 bits per heavy atom. The topological polar surface area (TPSA) is 70.5 Å². The van der Waals surface area contributed by atoms with E-state index in [1.807, 2.05) is 0 Å². The molecule has 4 nitrogen and oxygen atoms in total. The van der Waals surface area contributed by atoms with Gasteiger partial charge in [0.05, 0.1) is 14.2 Å². The average Bonchev–Trinajstić information content (AvgIpc) is 2.53. The van der Waals surface area contributed by atoms with Crippen molar-refractivity contribution < 1.29 is 18.3 Å². The van der Waals surface area contributed by atoms with Gasteiger partial charge in [0, 0.05) is 12.1 Å². The molecule has 2 unspecified atom stereocenters. The molecule has 2 rings (SSSR count). The van der Waals surface area contributed by atoms with E-state index in [1.54, 1.807) is 12.1 Å². The minimum absolute atomic E-state index is 0.125. The lowest BCUT2D eigenvalue weighted by Gasteiger charge is -2.21. The second-order valence-corrected chi connectivity index (χ2v) is 4.84. The molecular weight excluding hydrogens is 290 g/mol. The summed E-state index contributed by atoms with van der Waals surface area (Å²) in [5.41, 5.74) is 13.1. The first kappa shape index (κ1) is 16.2. The van der Waals surface area contributed by atoms with Crippen molar-refractivity contribution in [2.24, 2.45) is 11.5 Å². The molecule has 2 aromatic carbocycles. The molecule has 0 aliphatic carbocycles. The van der Waals surface area contributed by atoms with Crippen LogP contribution in [0.2, 0.25) is 0 Å². The molecule has 0 amide bonds. The first-order valence-electron chi connectivity index (χ1n) is 6.66. The van der Waals surface area contributed by atoms with Crippen molar-refractivity contribution in [2.75, 3.05) is 14.2 Å². The van der Waals surface area contributed by atoms with E-state index in [-0.39, 0.29) is 11.5 Å². The summed E-state index contributed by atoms with van der Waals surface area (Å²) in [7, 11) is 2.76. The van der Waals surface area contributed by atoms with E-state index < -0.39 is 23.7 Å². The molecule has 0 radical (unpaired) electrons. The zero-order valence-corrected chi connectivity index (χ0v) is 12.3. The van der Waals surface area contributed by atoms with Crippen LogP contribution in [0.15, 0.2) is 36.4 Å². The summed E-state index contributed by atoms with van der Waals surface area (Å²) >= 11 is 0. The molecule has 0 aliphatic rings. The Hall–Kier alpha value is -2.18. The lowest BCUT2D eigenvalue weighted by Crippen LogP contribution is -2.26. The van der Waals surface area contributed by atoms with E-state index in [2.05, 4.69) is 0 Å². The molecule has 22 heavy (non-hydrogen) atoms. The molecule has 2 atom stereocenters. The van der Waals surface area contributed by atoms with Gasteiger partial charge in [-0.3, -0.25) is 0 Å². The van der Waals surface area contributed by atoms with Crippen molar-refractivity contribution in [3.8, 4) is 11.5 Å². The Morgan fingerprint density at radius 3 is 1.41 bits per heavy atom. The monoisotopic (exact) mass is 308 g/mol. The first-order valence-corrected chi connectivity index (χ1v) is 6.66. The van der Waals surface area contributed by atoms with Crippen LogP contribution in [0.5, 0.6) is 11.5 Å². The molecule has 0 spiro atoms. The first-order chi connectivity index (χ1) is 10.5. The third kappa shape index (κ3) is 3.18. The summed E-state index contributed by atoms with van der Waals surface area (Å²) in [6.45, 7) is 0. The molecule has 0 saturated heterocycles. The Kier molecular flexibility index (Phi) is 4.95. The van der Waals surface area contributed by atoms with Gasteiger partial charge in [-0.05, 0) is 35.4 Å². The molecule has 0 aromatic heterocycles. The van der Waals surface area contributed by atoms with E-state index in [0.717, 1.165) is 0 Å². The second-order valence-electron chi connectivity index (χ2n) is 4.84. The van der Waals surface area contributed by atoms with E-state index >= 15 is 0 Å². The highest BCUT2D eigenvalue weighted by atomic mass is 19.1. The number of rotatable bonds is 5. The van der Waals surface area contributed by atoms with Gasteiger partial charge in [-0.15, -0.1) is 0 Å². The highest BCUT2D eigenvalue weighted by Gasteiger charge is 2.20. The quantitative estimate of drug-likeness (QED) is 0.891. The number of benzene rings is 2. The molecular formula is C16H18F2N2O2. The number of nitrogens with two attached hydrogens (primary N) is 2. The van der Waals surface area contributed by atoms with Crippen LogP contribution < -0.4 is 20.9 Å². The van der Waals surface area contributed by atoms with E-state index in [0.29, 0.717) is 11.1 Å². The minimum atomic E-state index is -0.687. The van der Waals surface area contributed by atoms with Gasteiger partial charge >= 0.3 is 0 Å². The van der Waals surface area contributed by atoms with Crippen molar-refractivity contribution in [2.45, 2.75) is 12.1 Å². The van der Waals surface area contributed by atoms with Crippen molar-refractivity contribution in [3.05, 3.63) is 59.2 Å². The fourth-order valence-corrected chi connectivity index (χ4v) is 2.19. The maximum atomic E-state index is 13.7. The average molecular weight is 308 g/mol. The molecule has 0 fully saturated rings. The lowest BCUT2D eigenvalue weighted by atomic mass is 9.94. The fraction of sp³-hybridized carbons (Fsp3) is 0.250. The summed E-state index contributed by atoms with van der Waals surface area (Å²) in [6.07, 6.45) is 0.